The first kappa shape index (κ1) is 16.8. The Morgan fingerprint density at radius 2 is 1.92 bits per heavy atom. The van der Waals surface area contributed by atoms with Crippen LogP contribution in [0.3, 0.4) is 0 Å². The number of fused-ring (bicyclic) bond motifs is 1. The summed E-state index contributed by atoms with van der Waals surface area (Å²) in [6.07, 6.45) is 0.427. The van der Waals surface area contributed by atoms with Gasteiger partial charge in [-0.05, 0) is 24.1 Å². The van der Waals surface area contributed by atoms with Gasteiger partial charge in [0, 0.05) is 31.5 Å². The summed E-state index contributed by atoms with van der Waals surface area (Å²) in [5.41, 5.74) is 1.26. The molecule has 0 unspecified atom stereocenters. The van der Waals surface area contributed by atoms with Crippen molar-refractivity contribution in [3.63, 3.8) is 0 Å². The summed E-state index contributed by atoms with van der Waals surface area (Å²) in [5.74, 6) is -1.35. The van der Waals surface area contributed by atoms with Crippen molar-refractivity contribution in [2.45, 2.75) is 19.3 Å². The van der Waals surface area contributed by atoms with Gasteiger partial charge < -0.3 is 4.90 Å². The lowest BCUT2D eigenvalue weighted by atomic mass is 10.1. The third-order valence-electron chi connectivity index (χ3n) is 4.22. The van der Waals surface area contributed by atoms with Gasteiger partial charge in [0.15, 0.2) is 5.78 Å². The smallest absolute Gasteiger partial charge is 0.271 e. The van der Waals surface area contributed by atoms with E-state index in [0.717, 1.165) is 5.56 Å². The fourth-order valence-corrected chi connectivity index (χ4v) is 2.92. The molecule has 0 saturated heterocycles. The van der Waals surface area contributed by atoms with Crippen molar-refractivity contribution in [2.24, 2.45) is 0 Å². The number of Topliss-reactive ketones (excluding diaryl/α,β-unsaturated/α-hetero) is 1. The molecule has 1 aliphatic heterocycles. The second-order valence-electron chi connectivity index (χ2n) is 5.77. The number of hydrogen-bond acceptors (Lipinski definition) is 4. The molecule has 7 heteroatoms. The van der Waals surface area contributed by atoms with Gasteiger partial charge in [0.2, 0.25) is 5.91 Å². The Bertz CT molecular complexity index is 866. The number of carbonyl (C=O) groups is 2. The second kappa shape index (κ2) is 6.80. The first-order valence-electron chi connectivity index (χ1n) is 7.83. The lowest BCUT2D eigenvalue weighted by molar-refractivity contribution is -0.384. The SMILES string of the molecule is O=C(CCC(=O)N1CCc2ccc([N+](=O)[O-])cc21)c1ccccc1F. The van der Waals surface area contributed by atoms with E-state index in [-0.39, 0.29) is 30.0 Å². The number of halogens is 1. The van der Waals surface area contributed by atoms with Crippen LogP contribution >= 0.6 is 0 Å². The molecule has 0 fully saturated rings. The fraction of sp³-hybridized carbons (Fsp3) is 0.222. The summed E-state index contributed by atoms with van der Waals surface area (Å²) in [7, 11) is 0. The van der Waals surface area contributed by atoms with Gasteiger partial charge in [0.1, 0.15) is 5.82 Å². The third-order valence-corrected chi connectivity index (χ3v) is 4.22. The second-order valence-corrected chi connectivity index (χ2v) is 5.77. The van der Waals surface area contributed by atoms with Crippen LogP contribution in [0.25, 0.3) is 0 Å². The largest absolute Gasteiger partial charge is 0.312 e. The lowest BCUT2D eigenvalue weighted by Gasteiger charge is -2.17. The number of hydrogen-bond donors (Lipinski definition) is 0. The summed E-state index contributed by atoms with van der Waals surface area (Å²) in [4.78, 5) is 36.3. The number of rotatable bonds is 5. The van der Waals surface area contributed by atoms with Crippen LogP contribution in [0.4, 0.5) is 15.8 Å². The van der Waals surface area contributed by atoms with Crippen molar-refractivity contribution < 1.29 is 18.9 Å². The molecule has 0 aliphatic carbocycles. The minimum atomic E-state index is -0.609. The van der Waals surface area contributed by atoms with Crippen molar-refractivity contribution in [2.75, 3.05) is 11.4 Å². The van der Waals surface area contributed by atoms with E-state index in [2.05, 4.69) is 0 Å². The molecule has 0 N–H and O–H groups in total. The highest BCUT2D eigenvalue weighted by Crippen LogP contribution is 2.32. The standard InChI is InChI=1S/C18H15FN2O4/c19-15-4-2-1-3-14(15)17(22)7-8-18(23)20-10-9-12-5-6-13(21(24)25)11-16(12)20/h1-6,11H,7-10H2. The number of nitro benzene ring substituents is 1. The molecule has 0 spiro atoms. The maximum absolute atomic E-state index is 13.6. The van der Waals surface area contributed by atoms with Gasteiger partial charge in [-0.1, -0.05) is 18.2 Å². The molecule has 0 atom stereocenters. The Kier molecular flexibility index (Phi) is 4.56. The molecule has 1 heterocycles. The molecule has 2 aromatic rings. The minimum absolute atomic E-state index is 0.0345. The first-order chi connectivity index (χ1) is 12.0. The van der Waals surface area contributed by atoms with E-state index in [4.69, 9.17) is 0 Å². The number of amides is 1. The van der Waals surface area contributed by atoms with Crippen molar-refractivity contribution in [1.29, 1.82) is 0 Å². The van der Waals surface area contributed by atoms with E-state index in [1.165, 1.54) is 35.2 Å². The lowest BCUT2D eigenvalue weighted by Crippen LogP contribution is -2.29. The predicted octanol–water partition coefficient (Wildman–Crippen LogP) is 3.29. The molecule has 128 valence electrons. The third kappa shape index (κ3) is 3.40. The normalized spacial score (nSPS) is 12.8. The van der Waals surface area contributed by atoms with Gasteiger partial charge >= 0.3 is 0 Å². The van der Waals surface area contributed by atoms with Gasteiger partial charge in [-0.2, -0.15) is 0 Å². The number of non-ortho nitro benzene ring substituents is 1. The molecule has 0 radical (unpaired) electrons. The average Bonchev–Trinajstić information content (AvgIpc) is 3.03. The quantitative estimate of drug-likeness (QED) is 0.474. The van der Waals surface area contributed by atoms with Crippen LogP contribution in [0.5, 0.6) is 0 Å². The Balaban J connectivity index is 1.70. The van der Waals surface area contributed by atoms with Crippen LogP contribution in [-0.4, -0.2) is 23.2 Å². The van der Waals surface area contributed by atoms with E-state index in [1.54, 1.807) is 12.1 Å². The number of benzene rings is 2. The van der Waals surface area contributed by atoms with Gasteiger partial charge in [-0.25, -0.2) is 4.39 Å². The molecule has 0 aromatic heterocycles. The molecule has 1 amide bonds. The molecule has 1 aliphatic rings. The Labute approximate surface area is 143 Å². The molecule has 25 heavy (non-hydrogen) atoms. The number of nitro groups is 1. The fourth-order valence-electron chi connectivity index (χ4n) is 2.92. The summed E-state index contributed by atoms with van der Waals surface area (Å²) in [5, 5.41) is 10.9. The van der Waals surface area contributed by atoms with Crippen LogP contribution in [-0.2, 0) is 11.2 Å². The molecule has 3 rings (SSSR count). The molecule has 6 nitrogen and oxygen atoms in total. The van der Waals surface area contributed by atoms with Crippen LogP contribution in [0.2, 0.25) is 0 Å². The summed E-state index contributed by atoms with van der Waals surface area (Å²) in [6, 6.07) is 10.1. The van der Waals surface area contributed by atoms with E-state index >= 15 is 0 Å². The average molecular weight is 342 g/mol. The molecular weight excluding hydrogens is 327 g/mol. The van der Waals surface area contributed by atoms with Gasteiger partial charge in [-0.15, -0.1) is 0 Å². The number of nitrogens with zero attached hydrogens (tertiary/aromatic N) is 2. The molecule has 0 saturated carbocycles. The topological polar surface area (TPSA) is 80.5 Å². The van der Waals surface area contributed by atoms with Crippen LogP contribution < -0.4 is 4.90 Å². The van der Waals surface area contributed by atoms with Crippen molar-refractivity contribution >= 4 is 23.1 Å². The number of ketones is 1. The Hall–Kier alpha value is -3.09. The van der Waals surface area contributed by atoms with E-state index in [9.17, 15) is 24.1 Å². The maximum Gasteiger partial charge on any atom is 0.271 e. The highest BCUT2D eigenvalue weighted by molar-refractivity contribution is 6.01. The Morgan fingerprint density at radius 3 is 2.64 bits per heavy atom. The summed E-state index contributed by atoms with van der Waals surface area (Å²) >= 11 is 0. The Morgan fingerprint density at radius 1 is 1.16 bits per heavy atom. The maximum atomic E-state index is 13.6. The number of anilines is 1. The monoisotopic (exact) mass is 342 g/mol. The zero-order chi connectivity index (χ0) is 18.0. The zero-order valence-corrected chi connectivity index (χ0v) is 13.3. The van der Waals surface area contributed by atoms with Gasteiger partial charge in [-0.3, -0.25) is 19.7 Å². The molecule has 0 bridgehead atoms. The summed E-state index contributed by atoms with van der Waals surface area (Å²) < 4.78 is 13.6. The van der Waals surface area contributed by atoms with Gasteiger partial charge in [0.25, 0.3) is 5.69 Å². The van der Waals surface area contributed by atoms with Crippen LogP contribution in [0, 0.1) is 15.9 Å². The highest BCUT2D eigenvalue weighted by atomic mass is 19.1. The van der Waals surface area contributed by atoms with Crippen molar-refractivity contribution in [3.8, 4) is 0 Å². The molecule has 2 aromatic carbocycles. The van der Waals surface area contributed by atoms with Crippen LogP contribution in [0.15, 0.2) is 42.5 Å². The van der Waals surface area contributed by atoms with E-state index < -0.39 is 16.5 Å². The van der Waals surface area contributed by atoms with Crippen molar-refractivity contribution in [1.82, 2.24) is 0 Å². The molecular formula is C18H15FN2O4. The summed E-state index contributed by atoms with van der Waals surface area (Å²) in [6.45, 7) is 0.420. The van der Waals surface area contributed by atoms with Crippen LogP contribution in [0.1, 0.15) is 28.8 Å². The van der Waals surface area contributed by atoms with E-state index in [1.807, 2.05) is 0 Å². The first-order valence-corrected chi connectivity index (χ1v) is 7.83. The zero-order valence-electron chi connectivity index (χ0n) is 13.3. The number of carbonyl (C=O) groups excluding carboxylic acids is 2. The predicted molar refractivity (Wildman–Crippen MR) is 89.1 cm³/mol. The van der Waals surface area contributed by atoms with Gasteiger partial charge in [0.05, 0.1) is 16.2 Å². The van der Waals surface area contributed by atoms with Crippen molar-refractivity contribution in [3.05, 3.63) is 69.5 Å². The highest BCUT2D eigenvalue weighted by Gasteiger charge is 2.27. The van der Waals surface area contributed by atoms with E-state index in [0.29, 0.717) is 18.7 Å². The minimum Gasteiger partial charge on any atom is -0.312 e.